The Labute approximate surface area is 113 Å². The quantitative estimate of drug-likeness (QED) is 0.362. The van der Waals surface area contributed by atoms with Gasteiger partial charge in [-0.15, -0.1) is 0 Å². The molecule has 2 rings (SSSR count). The van der Waals surface area contributed by atoms with Crippen molar-refractivity contribution in [3.8, 4) is 0 Å². The molecule has 1 fully saturated rings. The topological polar surface area (TPSA) is 78.0 Å². The van der Waals surface area contributed by atoms with Gasteiger partial charge in [-0.1, -0.05) is 12.1 Å². The summed E-state index contributed by atoms with van der Waals surface area (Å²) in [7, 11) is 0. The third-order valence-electron chi connectivity index (χ3n) is 3.39. The molecule has 1 aliphatic rings. The predicted molar refractivity (Wildman–Crippen MR) is 75.7 cm³/mol. The van der Waals surface area contributed by atoms with Crippen molar-refractivity contribution >= 4 is 11.5 Å². The van der Waals surface area contributed by atoms with Gasteiger partial charge in [0.15, 0.2) is 5.84 Å². The maximum absolute atomic E-state index is 8.69. The Morgan fingerprint density at radius 2 is 2.16 bits per heavy atom. The van der Waals surface area contributed by atoms with Crippen LogP contribution in [-0.2, 0) is 0 Å². The zero-order valence-corrected chi connectivity index (χ0v) is 11.3. The molecule has 1 aromatic heterocycles. The molecule has 1 saturated heterocycles. The van der Waals surface area contributed by atoms with Gasteiger partial charge in [0, 0.05) is 38.1 Å². The lowest BCUT2D eigenvalue weighted by atomic mass is 10.2. The van der Waals surface area contributed by atoms with Crippen molar-refractivity contribution in [1.29, 1.82) is 0 Å². The van der Waals surface area contributed by atoms with Crippen molar-refractivity contribution in [2.75, 3.05) is 37.6 Å². The first-order valence-electron chi connectivity index (χ1n) is 6.66. The molecule has 0 aromatic carbocycles. The molecule has 0 radical (unpaired) electrons. The molecule has 104 valence electrons. The minimum Gasteiger partial charge on any atom is -0.409 e. The number of oxime groups is 1. The van der Waals surface area contributed by atoms with E-state index in [0.29, 0.717) is 5.69 Å². The Morgan fingerprint density at radius 3 is 2.79 bits per heavy atom. The van der Waals surface area contributed by atoms with Gasteiger partial charge in [-0.3, -0.25) is 9.88 Å². The molecule has 1 aliphatic heterocycles. The molecule has 0 saturated carbocycles. The molecule has 0 spiro atoms. The summed E-state index contributed by atoms with van der Waals surface area (Å²) in [5.74, 6) is 0.0477. The van der Waals surface area contributed by atoms with Gasteiger partial charge in [0.05, 0.1) is 0 Å². The first kappa shape index (κ1) is 13.6. The third-order valence-corrected chi connectivity index (χ3v) is 3.39. The Kier molecular flexibility index (Phi) is 4.57. The van der Waals surface area contributed by atoms with E-state index in [1.165, 1.54) is 13.0 Å². The second-order valence-electron chi connectivity index (χ2n) is 4.71. The molecular formula is C13H21N5O. The van der Waals surface area contributed by atoms with E-state index < -0.39 is 0 Å². The average Bonchev–Trinajstić information content (AvgIpc) is 2.48. The average molecular weight is 263 g/mol. The number of hydrogen-bond acceptors (Lipinski definition) is 5. The normalized spacial score (nSPS) is 17.7. The van der Waals surface area contributed by atoms with Gasteiger partial charge in [-0.25, -0.2) is 0 Å². The number of amidine groups is 1. The number of anilines is 1. The van der Waals surface area contributed by atoms with E-state index in [0.717, 1.165) is 31.9 Å². The van der Waals surface area contributed by atoms with Crippen LogP contribution in [0.4, 0.5) is 5.69 Å². The van der Waals surface area contributed by atoms with Crippen LogP contribution in [0.1, 0.15) is 19.0 Å². The summed E-state index contributed by atoms with van der Waals surface area (Å²) < 4.78 is 0. The molecule has 19 heavy (non-hydrogen) atoms. The van der Waals surface area contributed by atoms with Gasteiger partial charge >= 0.3 is 0 Å². The molecule has 3 N–H and O–H groups in total. The highest BCUT2D eigenvalue weighted by molar-refractivity contribution is 5.95. The van der Waals surface area contributed by atoms with Crippen molar-refractivity contribution in [3.63, 3.8) is 0 Å². The zero-order chi connectivity index (χ0) is 13.7. The van der Waals surface area contributed by atoms with E-state index in [1.807, 2.05) is 12.1 Å². The second kappa shape index (κ2) is 6.38. The summed E-state index contributed by atoms with van der Waals surface area (Å²) >= 11 is 0. The lowest BCUT2D eigenvalue weighted by Crippen LogP contribution is -2.46. The van der Waals surface area contributed by atoms with Crippen LogP contribution in [0, 0.1) is 0 Å². The molecule has 0 amide bonds. The predicted octanol–water partition coefficient (Wildman–Crippen LogP) is 0.708. The fourth-order valence-electron chi connectivity index (χ4n) is 2.35. The van der Waals surface area contributed by atoms with Crippen LogP contribution in [0.2, 0.25) is 0 Å². The smallest absolute Gasteiger partial charge is 0.188 e. The van der Waals surface area contributed by atoms with E-state index in [9.17, 15) is 0 Å². The summed E-state index contributed by atoms with van der Waals surface area (Å²) in [6.07, 6.45) is 2.89. The van der Waals surface area contributed by atoms with Gasteiger partial charge in [-0.2, -0.15) is 0 Å². The molecule has 0 atom stereocenters. The van der Waals surface area contributed by atoms with Crippen molar-refractivity contribution in [1.82, 2.24) is 9.88 Å². The van der Waals surface area contributed by atoms with E-state index >= 15 is 0 Å². The Morgan fingerprint density at radius 1 is 1.42 bits per heavy atom. The van der Waals surface area contributed by atoms with Gasteiger partial charge < -0.3 is 15.8 Å². The summed E-state index contributed by atoms with van der Waals surface area (Å²) in [4.78, 5) is 8.88. The standard InChI is InChI=1S/C13H21N5O/c1-2-5-17-6-8-18(9-7-17)11-3-4-15-12(10-11)13(14)16-19/h3-4,10,19H,2,5-9H2,1H3,(H2,14,16). The van der Waals surface area contributed by atoms with Crippen molar-refractivity contribution < 1.29 is 5.21 Å². The molecule has 2 heterocycles. The minimum absolute atomic E-state index is 0.0477. The van der Waals surface area contributed by atoms with Crippen molar-refractivity contribution in [2.24, 2.45) is 10.9 Å². The lowest BCUT2D eigenvalue weighted by molar-refractivity contribution is 0.258. The first-order valence-corrected chi connectivity index (χ1v) is 6.66. The van der Waals surface area contributed by atoms with Crippen LogP contribution in [0.25, 0.3) is 0 Å². The number of pyridine rings is 1. The maximum atomic E-state index is 8.69. The van der Waals surface area contributed by atoms with Crippen LogP contribution in [0.5, 0.6) is 0 Å². The molecule has 0 bridgehead atoms. The summed E-state index contributed by atoms with van der Waals surface area (Å²) in [5.41, 5.74) is 7.15. The highest BCUT2D eigenvalue weighted by Crippen LogP contribution is 2.16. The van der Waals surface area contributed by atoms with E-state index in [-0.39, 0.29) is 5.84 Å². The van der Waals surface area contributed by atoms with Crippen molar-refractivity contribution in [3.05, 3.63) is 24.0 Å². The number of piperazine rings is 1. The Bertz CT molecular complexity index is 440. The molecule has 6 heteroatoms. The highest BCUT2D eigenvalue weighted by atomic mass is 16.4. The van der Waals surface area contributed by atoms with Crippen LogP contribution in [0.15, 0.2) is 23.5 Å². The number of rotatable bonds is 4. The molecule has 0 aliphatic carbocycles. The van der Waals surface area contributed by atoms with E-state index in [2.05, 4.69) is 26.9 Å². The molecular weight excluding hydrogens is 242 g/mol. The fourth-order valence-corrected chi connectivity index (χ4v) is 2.35. The summed E-state index contributed by atoms with van der Waals surface area (Å²) in [6, 6.07) is 3.83. The van der Waals surface area contributed by atoms with E-state index in [1.54, 1.807) is 6.20 Å². The Hall–Kier alpha value is -1.82. The lowest BCUT2D eigenvalue weighted by Gasteiger charge is -2.36. The fraction of sp³-hybridized carbons (Fsp3) is 0.538. The summed E-state index contributed by atoms with van der Waals surface area (Å²) in [5, 5.41) is 11.7. The van der Waals surface area contributed by atoms with Crippen molar-refractivity contribution in [2.45, 2.75) is 13.3 Å². The Balaban J connectivity index is 2.03. The molecule has 0 unspecified atom stereocenters. The monoisotopic (exact) mass is 263 g/mol. The number of aromatic nitrogens is 1. The van der Waals surface area contributed by atoms with Crippen LogP contribution in [-0.4, -0.2) is 53.7 Å². The first-order chi connectivity index (χ1) is 9.24. The van der Waals surface area contributed by atoms with Crippen LogP contribution < -0.4 is 10.6 Å². The van der Waals surface area contributed by atoms with Crippen LogP contribution >= 0.6 is 0 Å². The SMILES string of the molecule is CCCN1CCN(c2ccnc(C(N)=NO)c2)CC1. The number of nitrogens with two attached hydrogens (primary N) is 1. The number of nitrogens with zero attached hydrogens (tertiary/aromatic N) is 4. The molecule has 6 nitrogen and oxygen atoms in total. The van der Waals surface area contributed by atoms with Crippen LogP contribution in [0.3, 0.4) is 0 Å². The van der Waals surface area contributed by atoms with Gasteiger partial charge in [0.2, 0.25) is 0 Å². The zero-order valence-electron chi connectivity index (χ0n) is 11.3. The minimum atomic E-state index is 0.0477. The van der Waals surface area contributed by atoms with Gasteiger partial charge in [0.1, 0.15) is 5.69 Å². The number of hydrogen-bond donors (Lipinski definition) is 2. The van der Waals surface area contributed by atoms with Gasteiger partial charge in [0.25, 0.3) is 0 Å². The largest absolute Gasteiger partial charge is 0.409 e. The second-order valence-corrected chi connectivity index (χ2v) is 4.71. The highest BCUT2D eigenvalue weighted by Gasteiger charge is 2.17. The van der Waals surface area contributed by atoms with Gasteiger partial charge in [-0.05, 0) is 25.1 Å². The van der Waals surface area contributed by atoms with E-state index in [4.69, 9.17) is 10.9 Å². The third kappa shape index (κ3) is 3.35. The maximum Gasteiger partial charge on any atom is 0.188 e. The summed E-state index contributed by atoms with van der Waals surface area (Å²) in [6.45, 7) is 7.53. The molecule has 1 aromatic rings.